The van der Waals surface area contributed by atoms with Crippen molar-refractivity contribution in [2.24, 2.45) is 0 Å². The van der Waals surface area contributed by atoms with Crippen LogP contribution in [0.5, 0.6) is 0 Å². The van der Waals surface area contributed by atoms with Crippen LogP contribution in [0.2, 0.25) is 0 Å². The van der Waals surface area contributed by atoms with Gasteiger partial charge in [0.25, 0.3) is 0 Å². The molecule has 18 heavy (non-hydrogen) atoms. The van der Waals surface area contributed by atoms with Gasteiger partial charge in [-0.1, -0.05) is 0 Å². The largest absolute Gasteiger partial charge is 0.478 e. The van der Waals surface area contributed by atoms with Gasteiger partial charge in [0, 0.05) is 12.6 Å². The number of benzene rings is 1. The number of hydrogen-bond acceptors (Lipinski definition) is 2. The molecule has 0 atom stereocenters. The fourth-order valence-corrected chi connectivity index (χ4v) is 1.25. The van der Waals surface area contributed by atoms with E-state index in [4.69, 9.17) is 5.11 Å². The number of hydrogen-bond donors (Lipinski definition) is 2. The van der Waals surface area contributed by atoms with E-state index in [1.165, 1.54) is 0 Å². The smallest absolute Gasteiger partial charge is 0.390 e. The van der Waals surface area contributed by atoms with Crippen LogP contribution in [0, 0.1) is 11.6 Å². The van der Waals surface area contributed by atoms with E-state index in [0.717, 1.165) is 0 Å². The maximum absolute atomic E-state index is 13.2. The first-order chi connectivity index (χ1) is 8.20. The molecule has 0 radical (unpaired) electrons. The molecule has 1 aromatic rings. The highest BCUT2D eigenvalue weighted by molar-refractivity contribution is 5.94. The molecule has 0 bridgehead atoms. The molecule has 0 aliphatic carbocycles. The van der Waals surface area contributed by atoms with Crippen LogP contribution in [0.25, 0.3) is 0 Å². The number of carboxylic acid groups (broad SMARTS) is 1. The van der Waals surface area contributed by atoms with Crippen molar-refractivity contribution in [2.75, 3.05) is 11.9 Å². The van der Waals surface area contributed by atoms with Gasteiger partial charge in [-0.2, -0.15) is 13.2 Å². The molecule has 8 heteroatoms. The van der Waals surface area contributed by atoms with Crippen LogP contribution >= 0.6 is 0 Å². The Hall–Kier alpha value is -1.86. The van der Waals surface area contributed by atoms with E-state index >= 15 is 0 Å². The summed E-state index contributed by atoms with van der Waals surface area (Å²) in [6, 6.07) is 0.920. The van der Waals surface area contributed by atoms with Crippen LogP contribution in [0.1, 0.15) is 16.8 Å². The SMILES string of the molecule is O=C(O)c1cc(F)cc(F)c1NCCC(F)(F)F. The van der Waals surface area contributed by atoms with Crippen LogP contribution in [-0.2, 0) is 0 Å². The molecule has 0 amide bonds. The molecular weight excluding hydrogens is 261 g/mol. The predicted octanol–water partition coefficient (Wildman–Crippen LogP) is 3.03. The summed E-state index contributed by atoms with van der Waals surface area (Å²) in [6.07, 6.45) is -5.71. The van der Waals surface area contributed by atoms with Crippen molar-refractivity contribution in [3.8, 4) is 0 Å². The summed E-state index contributed by atoms with van der Waals surface area (Å²) in [5.41, 5.74) is -1.41. The molecule has 0 saturated heterocycles. The van der Waals surface area contributed by atoms with Crippen LogP contribution < -0.4 is 5.32 Å². The Morgan fingerprint density at radius 2 is 1.89 bits per heavy atom. The summed E-state index contributed by atoms with van der Waals surface area (Å²) >= 11 is 0. The number of alkyl halides is 3. The molecule has 1 rings (SSSR count). The third kappa shape index (κ3) is 3.86. The van der Waals surface area contributed by atoms with Crippen LogP contribution in [-0.4, -0.2) is 23.8 Å². The highest BCUT2D eigenvalue weighted by Crippen LogP contribution is 2.24. The molecule has 0 heterocycles. The fraction of sp³-hybridized carbons (Fsp3) is 0.300. The van der Waals surface area contributed by atoms with Crippen molar-refractivity contribution >= 4 is 11.7 Å². The Balaban J connectivity index is 2.91. The third-order valence-electron chi connectivity index (χ3n) is 2.00. The van der Waals surface area contributed by atoms with Gasteiger partial charge in [0.1, 0.15) is 11.6 Å². The monoisotopic (exact) mass is 269 g/mol. The van der Waals surface area contributed by atoms with E-state index in [9.17, 15) is 26.7 Å². The molecular formula is C10H8F5NO2. The summed E-state index contributed by atoms with van der Waals surface area (Å²) < 4.78 is 61.6. The summed E-state index contributed by atoms with van der Waals surface area (Å²) in [6.45, 7) is -0.702. The Kier molecular flexibility index (Phi) is 4.10. The Morgan fingerprint density at radius 1 is 1.28 bits per heavy atom. The summed E-state index contributed by atoms with van der Waals surface area (Å²) in [7, 11) is 0. The second kappa shape index (κ2) is 5.19. The number of halogens is 5. The summed E-state index contributed by atoms with van der Waals surface area (Å²) in [5, 5.41) is 10.7. The standard InChI is InChI=1S/C10H8F5NO2/c11-5-3-6(9(17)18)8(7(12)4-5)16-2-1-10(13,14)15/h3-4,16H,1-2H2,(H,17,18). The van der Waals surface area contributed by atoms with Gasteiger partial charge in [-0.15, -0.1) is 0 Å². The second-order valence-electron chi connectivity index (χ2n) is 3.41. The maximum atomic E-state index is 13.2. The third-order valence-corrected chi connectivity index (χ3v) is 2.00. The molecule has 1 aromatic carbocycles. The molecule has 0 aromatic heterocycles. The van der Waals surface area contributed by atoms with Crippen molar-refractivity contribution in [2.45, 2.75) is 12.6 Å². The Labute approximate surface area is 98.2 Å². The molecule has 0 aliphatic heterocycles. The number of carboxylic acids is 1. The van der Waals surface area contributed by atoms with Crippen molar-refractivity contribution in [3.05, 3.63) is 29.3 Å². The molecule has 100 valence electrons. The number of carbonyl (C=O) groups is 1. The van der Waals surface area contributed by atoms with Crippen LogP contribution in [0.3, 0.4) is 0 Å². The molecule has 0 unspecified atom stereocenters. The highest BCUT2D eigenvalue weighted by atomic mass is 19.4. The molecule has 0 fully saturated rings. The van der Waals surface area contributed by atoms with Gasteiger partial charge in [-0.25, -0.2) is 13.6 Å². The quantitative estimate of drug-likeness (QED) is 0.826. The van der Waals surface area contributed by atoms with Gasteiger partial charge in [0.05, 0.1) is 17.7 Å². The topological polar surface area (TPSA) is 49.3 Å². The number of rotatable bonds is 4. The van der Waals surface area contributed by atoms with Crippen LogP contribution in [0.4, 0.5) is 27.6 Å². The van der Waals surface area contributed by atoms with Gasteiger partial charge in [0.15, 0.2) is 0 Å². The van der Waals surface area contributed by atoms with E-state index in [1.807, 2.05) is 5.32 Å². The van der Waals surface area contributed by atoms with E-state index < -0.39 is 48.0 Å². The van der Waals surface area contributed by atoms with Crippen molar-refractivity contribution in [1.29, 1.82) is 0 Å². The summed E-state index contributed by atoms with van der Waals surface area (Å²) in [5.74, 6) is -4.01. The average Bonchev–Trinajstić information content (AvgIpc) is 2.18. The first-order valence-electron chi connectivity index (χ1n) is 4.73. The zero-order valence-corrected chi connectivity index (χ0v) is 8.81. The van der Waals surface area contributed by atoms with Crippen molar-refractivity contribution < 1.29 is 31.9 Å². The maximum Gasteiger partial charge on any atom is 0.390 e. The van der Waals surface area contributed by atoms with Crippen molar-refractivity contribution in [1.82, 2.24) is 0 Å². The van der Waals surface area contributed by atoms with Gasteiger partial charge < -0.3 is 10.4 Å². The molecule has 3 nitrogen and oxygen atoms in total. The average molecular weight is 269 g/mol. The van der Waals surface area contributed by atoms with Gasteiger partial charge >= 0.3 is 12.1 Å². The first-order valence-corrected chi connectivity index (χ1v) is 4.73. The van der Waals surface area contributed by atoms with Gasteiger partial charge in [0.2, 0.25) is 0 Å². The Morgan fingerprint density at radius 3 is 2.39 bits per heavy atom. The van der Waals surface area contributed by atoms with E-state index in [2.05, 4.69) is 0 Å². The lowest BCUT2D eigenvalue weighted by Gasteiger charge is -2.12. The van der Waals surface area contributed by atoms with Crippen LogP contribution in [0.15, 0.2) is 12.1 Å². The zero-order chi connectivity index (χ0) is 13.9. The molecule has 0 saturated carbocycles. The Bertz CT molecular complexity index is 458. The highest BCUT2D eigenvalue weighted by Gasteiger charge is 2.27. The minimum absolute atomic E-state index is 0.391. The molecule has 0 spiro atoms. The normalized spacial score (nSPS) is 11.4. The van der Waals surface area contributed by atoms with E-state index in [-0.39, 0.29) is 0 Å². The fourth-order valence-electron chi connectivity index (χ4n) is 1.25. The number of anilines is 1. The zero-order valence-electron chi connectivity index (χ0n) is 8.81. The van der Waals surface area contributed by atoms with E-state index in [0.29, 0.717) is 12.1 Å². The predicted molar refractivity (Wildman–Crippen MR) is 52.5 cm³/mol. The molecule has 2 N–H and O–H groups in total. The summed E-state index contributed by atoms with van der Waals surface area (Å²) in [4.78, 5) is 10.7. The lowest BCUT2D eigenvalue weighted by Crippen LogP contribution is -2.17. The molecule has 0 aliphatic rings. The lowest BCUT2D eigenvalue weighted by atomic mass is 10.1. The van der Waals surface area contributed by atoms with E-state index in [1.54, 1.807) is 0 Å². The lowest BCUT2D eigenvalue weighted by molar-refractivity contribution is -0.131. The minimum atomic E-state index is -4.45. The number of aromatic carboxylic acids is 1. The number of nitrogens with one attached hydrogen (secondary N) is 1. The second-order valence-corrected chi connectivity index (χ2v) is 3.41. The van der Waals surface area contributed by atoms with Gasteiger partial charge in [-0.3, -0.25) is 0 Å². The minimum Gasteiger partial charge on any atom is -0.478 e. The van der Waals surface area contributed by atoms with Gasteiger partial charge in [-0.05, 0) is 6.07 Å². The first kappa shape index (κ1) is 14.2. The van der Waals surface area contributed by atoms with Crippen molar-refractivity contribution in [3.63, 3.8) is 0 Å².